The van der Waals surface area contributed by atoms with Crippen molar-refractivity contribution in [2.45, 2.75) is 19.3 Å². The Morgan fingerprint density at radius 1 is 1.45 bits per heavy atom. The Balaban J connectivity index is 2.37. The number of carboxylic acid groups (broad SMARTS) is 1. The molecule has 0 aliphatic rings. The lowest BCUT2D eigenvalue weighted by atomic mass is 9.95. The molecule has 104 valence electrons. The lowest BCUT2D eigenvalue weighted by Gasteiger charge is -2.14. The van der Waals surface area contributed by atoms with Crippen LogP contribution >= 0.6 is 27.5 Å². The number of nitrogens with zero attached hydrogens (tertiary/aromatic N) is 1. The number of halogens is 2. The first kappa shape index (κ1) is 15.0. The van der Waals surface area contributed by atoms with Crippen LogP contribution in [0.3, 0.4) is 0 Å². The first-order valence-electron chi connectivity index (χ1n) is 6.07. The first-order chi connectivity index (χ1) is 9.49. The SMILES string of the molecule is Cc1cnc(C(Cc2ccccc2Cl)C(=O)O)c(Br)c1. The average molecular weight is 355 g/mol. The molecule has 20 heavy (non-hydrogen) atoms. The van der Waals surface area contributed by atoms with Gasteiger partial charge in [-0.2, -0.15) is 0 Å². The summed E-state index contributed by atoms with van der Waals surface area (Å²) in [5, 5.41) is 10.0. The average Bonchev–Trinajstić information content (AvgIpc) is 2.38. The third-order valence-corrected chi connectivity index (χ3v) is 4.02. The Hall–Kier alpha value is -1.39. The highest BCUT2D eigenvalue weighted by molar-refractivity contribution is 9.10. The molecule has 1 N–H and O–H groups in total. The lowest BCUT2D eigenvalue weighted by molar-refractivity contribution is -0.138. The third kappa shape index (κ3) is 3.38. The van der Waals surface area contributed by atoms with Gasteiger partial charge in [-0.25, -0.2) is 0 Å². The topological polar surface area (TPSA) is 50.2 Å². The van der Waals surface area contributed by atoms with Gasteiger partial charge in [0.25, 0.3) is 0 Å². The van der Waals surface area contributed by atoms with Crippen LogP contribution < -0.4 is 0 Å². The van der Waals surface area contributed by atoms with Crippen LogP contribution in [0.15, 0.2) is 41.0 Å². The van der Waals surface area contributed by atoms with Crippen molar-refractivity contribution in [1.82, 2.24) is 4.98 Å². The highest BCUT2D eigenvalue weighted by atomic mass is 79.9. The van der Waals surface area contributed by atoms with E-state index >= 15 is 0 Å². The predicted molar refractivity (Wildman–Crippen MR) is 82.2 cm³/mol. The van der Waals surface area contributed by atoms with Gasteiger partial charge in [0, 0.05) is 15.7 Å². The molecule has 1 atom stereocenters. The van der Waals surface area contributed by atoms with Crippen LogP contribution in [-0.2, 0) is 11.2 Å². The Morgan fingerprint density at radius 3 is 2.75 bits per heavy atom. The number of hydrogen-bond donors (Lipinski definition) is 1. The molecule has 0 aliphatic heterocycles. The molecule has 0 spiro atoms. The summed E-state index contributed by atoms with van der Waals surface area (Å²) in [5.41, 5.74) is 2.29. The summed E-state index contributed by atoms with van der Waals surface area (Å²) in [6.07, 6.45) is 1.98. The first-order valence-corrected chi connectivity index (χ1v) is 7.24. The number of carbonyl (C=O) groups is 1. The van der Waals surface area contributed by atoms with Crippen molar-refractivity contribution in [3.63, 3.8) is 0 Å². The quantitative estimate of drug-likeness (QED) is 0.894. The molecule has 0 fully saturated rings. The van der Waals surface area contributed by atoms with Crippen molar-refractivity contribution in [2.75, 3.05) is 0 Å². The minimum Gasteiger partial charge on any atom is -0.481 e. The van der Waals surface area contributed by atoms with Gasteiger partial charge in [0.1, 0.15) is 5.92 Å². The van der Waals surface area contributed by atoms with E-state index in [1.165, 1.54) is 0 Å². The van der Waals surface area contributed by atoms with Gasteiger partial charge < -0.3 is 5.11 Å². The maximum atomic E-state index is 11.5. The van der Waals surface area contributed by atoms with Crippen molar-refractivity contribution in [3.05, 3.63) is 62.8 Å². The molecule has 0 saturated carbocycles. The molecule has 3 nitrogen and oxygen atoms in total. The molecule has 0 amide bonds. The molecule has 1 aromatic heterocycles. The van der Waals surface area contributed by atoms with Gasteiger partial charge in [-0.15, -0.1) is 0 Å². The number of aryl methyl sites for hydroxylation is 1. The molecule has 0 radical (unpaired) electrons. The summed E-state index contributed by atoms with van der Waals surface area (Å²) in [5.74, 6) is -1.65. The normalized spacial score (nSPS) is 12.2. The van der Waals surface area contributed by atoms with Crippen LogP contribution in [0, 0.1) is 6.92 Å². The zero-order valence-corrected chi connectivity index (χ0v) is 13.1. The summed E-state index contributed by atoms with van der Waals surface area (Å²) in [7, 11) is 0. The lowest BCUT2D eigenvalue weighted by Crippen LogP contribution is -2.16. The zero-order valence-electron chi connectivity index (χ0n) is 10.8. The van der Waals surface area contributed by atoms with Gasteiger partial charge in [-0.05, 0) is 52.5 Å². The molecule has 0 aliphatic carbocycles. The predicted octanol–water partition coefficient (Wildman–Crippen LogP) is 4.22. The fourth-order valence-corrected chi connectivity index (χ4v) is 2.94. The molecule has 2 rings (SSSR count). The number of aromatic nitrogens is 1. The number of carboxylic acids is 1. The van der Waals surface area contributed by atoms with E-state index in [1.807, 2.05) is 31.2 Å². The maximum Gasteiger partial charge on any atom is 0.312 e. The van der Waals surface area contributed by atoms with Gasteiger partial charge >= 0.3 is 5.97 Å². The van der Waals surface area contributed by atoms with Gasteiger partial charge in [-0.1, -0.05) is 29.8 Å². The van der Waals surface area contributed by atoms with Crippen molar-refractivity contribution in [3.8, 4) is 0 Å². The second-order valence-electron chi connectivity index (χ2n) is 4.57. The van der Waals surface area contributed by atoms with Gasteiger partial charge in [0.05, 0.1) is 5.69 Å². The molecule has 2 aromatic rings. The zero-order chi connectivity index (χ0) is 14.7. The van der Waals surface area contributed by atoms with Crippen LogP contribution in [-0.4, -0.2) is 16.1 Å². The Morgan fingerprint density at radius 2 is 2.15 bits per heavy atom. The van der Waals surface area contributed by atoms with E-state index in [9.17, 15) is 9.90 Å². The van der Waals surface area contributed by atoms with Gasteiger partial charge in [0.15, 0.2) is 0 Å². The second-order valence-corrected chi connectivity index (χ2v) is 5.83. The van der Waals surface area contributed by atoms with Crippen LogP contribution in [0.5, 0.6) is 0 Å². The van der Waals surface area contributed by atoms with Crippen LogP contribution in [0.25, 0.3) is 0 Å². The van der Waals surface area contributed by atoms with E-state index in [4.69, 9.17) is 11.6 Å². The molecule has 1 heterocycles. The van der Waals surface area contributed by atoms with Crippen molar-refractivity contribution < 1.29 is 9.90 Å². The maximum absolute atomic E-state index is 11.5. The van der Waals surface area contributed by atoms with Crippen LogP contribution in [0.1, 0.15) is 22.7 Å². The number of rotatable bonds is 4. The Labute approximate surface area is 130 Å². The summed E-state index contributed by atoms with van der Waals surface area (Å²) >= 11 is 9.49. The van der Waals surface area contributed by atoms with Crippen molar-refractivity contribution in [1.29, 1.82) is 0 Å². The van der Waals surface area contributed by atoms with E-state index < -0.39 is 11.9 Å². The van der Waals surface area contributed by atoms with E-state index in [0.29, 0.717) is 21.6 Å². The molecule has 0 bridgehead atoms. The minimum atomic E-state index is -0.915. The highest BCUT2D eigenvalue weighted by Gasteiger charge is 2.25. The number of benzene rings is 1. The third-order valence-electron chi connectivity index (χ3n) is 3.02. The number of pyridine rings is 1. The fraction of sp³-hybridized carbons (Fsp3) is 0.200. The molecule has 5 heteroatoms. The van der Waals surface area contributed by atoms with Crippen LogP contribution in [0.2, 0.25) is 5.02 Å². The summed E-state index contributed by atoms with van der Waals surface area (Å²) in [4.78, 5) is 15.8. The largest absolute Gasteiger partial charge is 0.481 e. The van der Waals surface area contributed by atoms with E-state index in [0.717, 1.165) is 11.1 Å². The summed E-state index contributed by atoms with van der Waals surface area (Å²) in [6.45, 7) is 1.91. The van der Waals surface area contributed by atoms with E-state index in [2.05, 4.69) is 20.9 Å². The monoisotopic (exact) mass is 353 g/mol. The van der Waals surface area contributed by atoms with E-state index in [1.54, 1.807) is 12.3 Å². The molecule has 0 saturated heterocycles. The number of aliphatic carboxylic acids is 1. The second kappa shape index (κ2) is 6.37. The highest BCUT2D eigenvalue weighted by Crippen LogP contribution is 2.29. The smallest absolute Gasteiger partial charge is 0.312 e. The summed E-state index contributed by atoms with van der Waals surface area (Å²) < 4.78 is 0.706. The fourth-order valence-electron chi connectivity index (χ4n) is 1.99. The van der Waals surface area contributed by atoms with E-state index in [-0.39, 0.29) is 0 Å². The summed E-state index contributed by atoms with van der Waals surface area (Å²) in [6, 6.07) is 9.12. The van der Waals surface area contributed by atoms with Crippen molar-refractivity contribution >= 4 is 33.5 Å². The molecule has 1 aromatic carbocycles. The standard InChI is InChI=1S/C15H13BrClNO2/c1-9-6-12(16)14(18-8-9)11(15(19)20)7-10-4-2-3-5-13(10)17/h2-6,8,11H,7H2,1H3,(H,19,20). The van der Waals surface area contributed by atoms with Crippen LogP contribution in [0.4, 0.5) is 0 Å². The van der Waals surface area contributed by atoms with Gasteiger partial charge in [0.2, 0.25) is 0 Å². The Kier molecular flexibility index (Phi) is 4.78. The molecular weight excluding hydrogens is 342 g/mol. The van der Waals surface area contributed by atoms with Gasteiger partial charge in [-0.3, -0.25) is 9.78 Å². The molecule has 1 unspecified atom stereocenters. The molecular formula is C15H13BrClNO2. The minimum absolute atomic E-state index is 0.309. The number of hydrogen-bond acceptors (Lipinski definition) is 2. The van der Waals surface area contributed by atoms with Crippen molar-refractivity contribution in [2.24, 2.45) is 0 Å². The Bertz CT molecular complexity index is 646.